The van der Waals surface area contributed by atoms with Crippen molar-refractivity contribution in [1.82, 2.24) is 39.6 Å². The second kappa shape index (κ2) is 9.98. The lowest BCUT2D eigenvalue weighted by atomic mass is 10.1. The van der Waals surface area contributed by atoms with E-state index in [0.717, 1.165) is 48.5 Å². The first kappa shape index (κ1) is 24.8. The number of hydrogen-bond acceptors (Lipinski definition) is 9. The molecule has 1 aromatic carbocycles. The van der Waals surface area contributed by atoms with Crippen LogP contribution in [0.3, 0.4) is 0 Å². The maximum absolute atomic E-state index is 13.4. The van der Waals surface area contributed by atoms with Crippen molar-refractivity contribution < 1.29 is 14.3 Å². The van der Waals surface area contributed by atoms with Gasteiger partial charge in [0, 0.05) is 49.3 Å². The molecule has 13 heteroatoms. The van der Waals surface area contributed by atoms with Gasteiger partial charge >= 0.3 is 6.09 Å². The summed E-state index contributed by atoms with van der Waals surface area (Å²) in [4.78, 5) is 32.7. The van der Waals surface area contributed by atoms with Crippen LogP contribution in [0.2, 0.25) is 0 Å². The van der Waals surface area contributed by atoms with Crippen LogP contribution in [-0.2, 0) is 4.74 Å². The number of hydrogen-bond donors (Lipinski definition) is 1. The fourth-order valence-electron chi connectivity index (χ4n) is 4.87. The number of rotatable bonds is 5. The highest BCUT2D eigenvalue weighted by Crippen LogP contribution is 2.26. The number of likely N-dealkylation sites (tertiary alicyclic amines) is 1. The number of pyridine rings is 1. The summed E-state index contributed by atoms with van der Waals surface area (Å²) in [6, 6.07) is 9.66. The van der Waals surface area contributed by atoms with Gasteiger partial charge in [0.15, 0.2) is 0 Å². The predicted octanol–water partition coefficient (Wildman–Crippen LogP) is 1.92. The third-order valence-electron chi connectivity index (χ3n) is 7.41. The Hall–Kier alpha value is -4.52. The van der Waals surface area contributed by atoms with Gasteiger partial charge in [0.05, 0.1) is 37.5 Å². The third-order valence-corrected chi connectivity index (χ3v) is 7.41. The van der Waals surface area contributed by atoms with Gasteiger partial charge in [0.1, 0.15) is 6.04 Å². The molecule has 0 aliphatic carbocycles. The minimum atomic E-state index is -0.368. The van der Waals surface area contributed by atoms with Crippen molar-refractivity contribution in [3.8, 4) is 11.4 Å². The smallest absolute Gasteiger partial charge is 0.409 e. The molecule has 202 valence electrons. The highest BCUT2D eigenvalue weighted by molar-refractivity contribution is 6.09. The Balaban J connectivity index is 1.19. The molecule has 4 aromatic rings. The highest BCUT2D eigenvalue weighted by atomic mass is 16.5. The van der Waals surface area contributed by atoms with Gasteiger partial charge in [-0.15, -0.1) is 10.2 Å². The van der Waals surface area contributed by atoms with E-state index in [1.807, 2.05) is 43.5 Å². The zero-order chi connectivity index (χ0) is 27.1. The third kappa shape index (κ3) is 4.76. The molecule has 13 nitrogen and oxygen atoms in total. The normalized spacial score (nSPS) is 16.4. The number of ether oxygens (including phenoxy) is 1. The summed E-state index contributed by atoms with van der Waals surface area (Å²) in [5.74, 6) is 0.199. The first-order chi connectivity index (χ1) is 18.9. The van der Waals surface area contributed by atoms with Crippen molar-refractivity contribution in [3.05, 3.63) is 53.9 Å². The first-order valence-corrected chi connectivity index (χ1v) is 12.9. The van der Waals surface area contributed by atoms with Gasteiger partial charge in [-0.1, -0.05) is 12.1 Å². The van der Waals surface area contributed by atoms with Crippen molar-refractivity contribution in [3.63, 3.8) is 0 Å². The predicted molar refractivity (Wildman–Crippen MR) is 144 cm³/mol. The van der Waals surface area contributed by atoms with Crippen LogP contribution in [-0.4, -0.2) is 105 Å². The van der Waals surface area contributed by atoms with Gasteiger partial charge in [-0.25, -0.2) is 9.31 Å². The van der Waals surface area contributed by atoms with E-state index in [1.165, 1.54) is 11.9 Å². The molecule has 2 fully saturated rings. The van der Waals surface area contributed by atoms with Crippen LogP contribution in [0.5, 0.6) is 0 Å². The number of carbonyl (C=O) groups excluding carboxylic acids is 2. The molecule has 6 rings (SSSR count). The number of methoxy groups -OCH3 is 1. The molecule has 1 N–H and O–H groups in total. The lowest BCUT2D eigenvalue weighted by Gasteiger charge is -2.36. The monoisotopic (exact) mass is 530 g/mol. The standard InChI is InChI=1S/C26H30N10O3/c1-17-4-5-18(24-29-31-36(30-24)20-15-34(16-20)26(38)39-3)12-22(17)28-25(37)21-14-27-35-7-6-19(13-23(21)35)33-10-8-32(2)9-11-33/h4-7,12-14,20H,8-11,15-16H2,1-3H3,(H,28,37). The Bertz CT molecular complexity index is 1530. The van der Waals surface area contributed by atoms with Crippen LogP contribution in [0, 0.1) is 6.92 Å². The van der Waals surface area contributed by atoms with Gasteiger partial charge in [-0.05, 0) is 42.9 Å². The van der Waals surface area contributed by atoms with Crippen molar-refractivity contribution in [1.29, 1.82) is 0 Å². The Morgan fingerprint density at radius 3 is 2.64 bits per heavy atom. The number of carbonyl (C=O) groups is 2. The van der Waals surface area contributed by atoms with E-state index in [4.69, 9.17) is 4.74 Å². The quantitative estimate of drug-likeness (QED) is 0.412. The Morgan fingerprint density at radius 1 is 1.08 bits per heavy atom. The zero-order valence-electron chi connectivity index (χ0n) is 22.1. The number of anilines is 2. The van der Waals surface area contributed by atoms with Gasteiger partial charge in [-0.2, -0.15) is 9.90 Å². The molecule has 2 aliphatic rings. The number of fused-ring (bicyclic) bond motifs is 1. The number of nitrogens with one attached hydrogen (secondary N) is 1. The fourth-order valence-corrected chi connectivity index (χ4v) is 4.87. The van der Waals surface area contributed by atoms with Crippen molar-refractivity contribution in [2.45, 2.75) is 13.0 Å². The SMILES string of the molecule is COC(=O)N1CC(n2nnc(-c3ccc(C)c(NC(=O)c4cnn5ccc(N6CCN(C)CC6)cc45)c3)n2)C1. The maximum atomic E-state index is 13.4. The molecule has 2 aliphatic heterocycles. The topological polar surface area (TPSA) is 126 Å². The molecular weight excluding hydrogens is 500 g/mol. The summed E-state index contributed by atoms with van der Waals surface area (Å²) in [5, 5.41) is 20.3. The van der Waals surface area contributed by atoms with Gasteiger partial charge in [0.25, 0.3) is 5.91 Å². The number of likely N-dealkylation sites (N-methyl/N-ethyl adjacent to an activating group) is 1. The Labute approximate surface area is 224 Å². The summed E-state index contributed by atoms with van der Waals surface area (Å²) in [6.45, 7) is 6.75. The Kier molecular flexibility index (Phi) is 6.35. The molecule has 0 spiro atoms. The number of benzene rings is 1. The average Bonchev–Trinajstić information content (AvgIpc) is 3.57. The van der Waals surface area contributed by atoms with Crippen molar-refractivity contribution in [2.24, 2.45) is 0 Å². The van der Waals surface area contributed by atoms with E-state index in [2.05, 4.69) is 42.7 Å². The minimum absolute atomic E-state index is 0.0543. The number of piperazine rings is 1. The fraction of sp³-hybridized carbons (Fsp3) is 0.385. The summed E-state index contributed by atoms with van der Waals surface area (Å²) in [5.41, 5.74) is 4.62. The van der Waals surface area contributed by atoms with Crippen LogP contribution in [0.4, 0.5) is 16.2 Å². The van der Waals surface area contributed by atoms with E-state index < -0.39 is 0 Å². The van der Waals surface area contributed by atoms with Crippen molar-refractivity contribution in [2.75, 3.05) is 63.6 Å². The molecule has 0 atom stereocenters. The Morgan fingerprint density at radius 2 is 1.87 bits per heavy atom. The van der Waals surface area contributed by atoms with Gasteiger partial charge in [-0.3, -0.25) is 4.79 Å². The highest BCUT2D eigenvalue weighted by Gasteiger charge is 2.34. The van der Waals surface area contributed by atoms with Crippen LogP contribution in [0.1, 0.15) is 22.0 Å². The van der Waals surface area contributed by atoms with E-state index in [1.54, 1.807) is 15.6 Å². The zero-order valence-corrected chi connectivity index (χ0v) is 22.1. The number of aryl methyl sites for hydroxylation is 1. The van der Waals surface area contributed by atoms with E-state index >= 15 is 0 Å². The summed E-state index contributed by atoms with van der Waals surface area (Å²) in [7, 11) is 3.49. The molecule has 0 radical (unpaired) electrons. The second-order valence-corrected chi connectivity index (χ2v) is 10.0. The maximum Gasteiger partial charge on any atom is 0.409 e. The molecule has 0 unspecified atom stereocenters. The summed E-state index contributed by atoms with van der Waals surface area (Å²) < 4.78 is 6.46. The second-order valence-electron chi connectivity index (χ2n) is 10.0. The van der Waals surface area contributed by atoms with E-state index in [-0.39, 0.29) is 18.0 Å². The van der Waals surface area contributed by atoms with Gasteiger partial charge in [0.2, 0.25) is 5.82 Å². The largest absolute Gasteiger partial charge is 0.453 e. The van der Waals surface area contributed by atoms with Gasteiger partial charge < -0.3 is 24.8 Å². The number of aromatic nitrogens is 6. The lowest BCUT2D eigenvalue weighted by Crippen LogP contribution is -2.51. The number of nitrogens with zero attached hydrogens (tertiary/aromatic N) is 9. The average molecular weight is 531 g/mol. The molecule has 0 saturated carbocycles. The van der Waals surface area contributed by atoms with Crippen LogP contribution < -0.4 is 10.2 Å². The molecular formula is C26H30N10O3. The molecule has 2 amide bonds. The summed E-state index contributed by atoms with van der Waals surface area (Å²) in [6.07, 6.45) is 3.13. The van der Waals surface area contributed by atoms with Crippen LogP contribution in [0.25, 0.3) is 16.9 Å². The lowest BCUT2D eigenvalue weighted by molar-refractivity contribution is 0.0621. The number of amides is 2. The van der Waals surface area contributed by atoms with Crippen LogP contribution >= 0.6 is 0 Å². The molecule has 0 bridgehead atoms. The van der Waals surface area contributed by atoms with Crippen LogP contribution in [0.15, 0.2) is 42.7 Å². The summed E-state index contributed by atoms with van der Waals surface area (Å²) >= 11 is 0. The molecule has 3 aromatic heterocycles. The number of tetrazole rings is 1. The molecule has 39 heavy (non-hydrogen) atoms. The molecule has 5 heterocycles. The first-order valence-electron chi connectivity index (χ1n) is 12.9. The van der Waals surface area contributed by atoms with Crippen molar-refractivity contribution >= 4 is 28.9 Å². The molecule has 2 saturated heterocycles. The van der Waals surface area contributed by atoms with E-state index in [0.29, 0.717) is 30.2 Å². The minimum Gasteiger partial charge on any atom is -0.453 e. The van der Waals surface area contributed by atoms with E-state index in [9.17, 15) is 9.59 Å².